The van der Waals surface area contributed by atoms with Crippen LogP contribution in [0.1, 0.15) is 27.0 Å². The number of aryl methyl sites for hydroxylation is 1. The normalized spacial score (nSPS) is 10.6. The van der Waals surface area contributed by atoms with E-state index in [4.69, 9.17) is 16.1 Å². The lowest BCUT2D eigenvalue weighted by Gasteiger charge is -2.08. The second-order valence-corrected chi connectivity index (χ2v) is 6.34. The van der Waals surface area contributed by atoms with Crippen molar-refractivity contribution in [2.45, 2.75) is 13.3 Å². The zero-order chi connectivity index (χ0) is 15.5. The van der Waals surface area contributed by atoms with E-state index in [1.807, 2.05) is 24.3 Å². The number of thiophene rings is 1. The van der Waals surface area contributed by atoms with Crippen LogP contribution >= 0.6 is 22.9 Å². The van der Waals surface area contributed by atoms with E-state index >= 15 is 0 Å². The molecule has 2 aromatic heterocycles. The second kappa shape index (κ2) is 6.29. The summed E-state index contributed by atoms with van der Waals surface area (Å²) in [6, 6.07) is 10.9. The van der Waals surface area contributed by atoms with Gasteiger partial charge in [-0.05, 0) is 30.7 Å². The SMILES string of the molecule is Cc1noc(Cc2ccccc2NC(=O)c2ccc(Cl)s2)n1. The van der Waals surface area contributed by atoms with Crippen molar-refractivity contribution in [1.82, 2.24) is 10.1 Å². The van der Waals surface area contributed by atoms with Crippen LogP contribution in [-0.2, 0) is 6.42 Å². The molecule has 1 N–H and O–H groups in total. The van der Waals surface area contributed by atoms with Gasteiger partial charge in [0.25, 0.3) is 5.91 Å². The Bertz CT molecular complexity index is 812. The number of anilines is 1. The Morgan fingerprint density at radius 2 is 2.14 bits per heavy atom. The molecule has 0 radical (unpaired) electrons. The average Bonchev–Trinajstić information content (AvgIpc) is 3.10. The molecule has 5 nitrogen and oxygen atoms in total. The molecule has 0 aliphatic heterocycles. The molecule has 3 aromatic rings. The average molecular weight is 334 g/mol. The first-order chi connectivity index (χ1) is 10.6. The molecule has 0 aliphatic carbocycles. The number of hydrogen-bond acceptors (Lipinski definition) is 5. The third-order valence-corrected chi connectivity index (χ3v) is 4.20. The molecule has 0 spiro atoms. The molecule has 2 heterocycles. The van der Waals surface area contributed by atoms with Crippen LogP contribution in [0.5, 0.6) is 0 Å². The topological polar surface area (TPSA) is 68.0 Å². The largest absolute Gasteiger partial charge is 0.339 e. The van der Waals surface area contributed by atoms with Gasteiger partial charge in [0.2, 0.25) is 5.89 Å². The lowest BCUT2D eigenvalue weighted by atomic mass is 10.1. The van der Waals surface area contributed by atoms with E-state index < -0.39 is 0 Å². The van der Waals surface area contributed by atoms with Gasteiger partial charge in [-0.1, -0.05) is 35.0 Å². The first kappa shape index (κ1) is 14.7. The van der Waals surface area contributed by atoms with Crippen LogP contribution in [-0.4, -0.2) is 16.0 Å². The lowest BCUT2D eigenvalue weighted by molar-refractivity contribution is 0.103. The number of rotatable bonds is 4. The van der Waals surface area contributed by atoms with Crippen molar-refractivity contribution in [3.8, 4) is 0 Å². The number of aromatic nitrogens is 2. The summed E-state index contributed by atoms with van der Waals surface area (Å²) in [6.45, 7) is 1.77. The number of halogens is 1. The van der Waals surface area contributed by atoms with E-state index in [9.17, 15) is 4.79 Å². The first-order valence-electron chi connectivity index (χ1n) is 6.55. The van der Waals surface area contributed by atoms with Crippen molar-refractivity contribution in [1.29, 1.82) is 0 Å². The van der Waals surface area contributed by atoms with Gasteiger partial charge < -0.3 is 9.84 Å². The Balaban J connectivity index is 1.80. The maximum absolute atomic E-state index is 12.2. The van der Waals surface area contributed by atoms with Crippen LogP contribution in [0.15, 0.2) is 40.9 Å². The molecule has 0 bridgehead atoms. The van der Waals surface area contributed by atoms with Gasteiger partial charge in [0.1, 0.15) is 0 Å². The molecule has 1 aromatic carbocycles. The monoisotopic (exact) mass is 333 g/mol. The van der Waals surface area contributed by atoms with Gasteiger partial charge in [0, 0.05) is 5.69 Å². The smallest absolute Gasteiger partial charge is 0.265 e. The van der Waals surface area contributed by atoms with Crippen LogP contribution < -0.4 is 5.32 Å². The van der Waals surface area contributed by atoms with E-state index in [0.717, 1.165) is 5.56 Å². The summed E-state index contributed by atoms with van der Waals surface area (Å²) >= 11 is 7.10. The highest BCUT2D eigenvalue weighted by molar-refractivity contribution is 7.18. The summed E-state index contributed by atoms with van der Waals surface area (Å²) in [4.78, 5) is 17.0. The Kier molecular flexibility index (Phi) is 4.22. The molecule has 0 atom stereocenters. The minimum atomic E-state index is -0.189. The van der Waals surface area contributed by atoms with Crippen molar-refractivity contribution in [2.24, 2.45) is 0 Å². The highest BCUT2D eigenvalue weighted by Gasteiger charge is 2.13. The third-order valence-electron chi connectivity index (χ3n) is 2.97. The molecule has 0 saturated heterocycles. The fourth-order valence-corrected chi connectivity index (χ4v) is 2.93. The van der Waals surface area contributed by atoms with Crippen LogP contribution in [0.4, 0.5) is 5.69 Å². The minimum absolute atomic E-state index is 0.189. The quantitative estimate of drug-likeness (QED) is 0.785. The van der Waals surface area contributed by atoms with Crippen LogP contribution in [0, 0.1) is 6.92 Å². The number of para-hydroxylation sites is 1. The molecule has 3 rings (SSSR count). The van der Waals surface area contributed by atoms with Crippen molar-refractivity contribution in [3.05, 3.63) is 62.9 Å². The number of hydrogen-bond donors (Lipinski definition) is 1. The summed E-state index contributed by atoms with van der Waals surface area (Å²) in [7, 11) is 0. The molecular weight excluding hydrogens is 322 g/mol. The van der Waals surface area contributed by atoms with Crippen LogP contribution in [0.25, 0.3) is 0 Å². The summed E-state index contributed by atoms with van der Waals surface area (Å²) in [5.41, 5.74) is 1.62. The molecule has 112 valence electrons. The molecule has 0 aliphatic rings. The van der Waals surface area contributed by atoms with Gasteiger partial charge in [-0.2, -0.15) is 4.98 Å². The minimum Gasteiger partial charge on any atom is -0.339 e. The van der Waals surface area contributed by atoms with E-state index in [-0.39, 0.29) is 5.91 Å². The summed E-state index contributed by atoms with van der Waals surface area (Å²) in [6.07, 6.45) is 0.461. The summed E-state index contributed by atoms with van der Waals surface area (Å²) in [5, 5.41) is 6.66. The number of carbonyl (C=O) groups is 1. The van der Waals surface area contributed by atoms with Crippen LogP contribution in [0.3, 0.4) is 0 Å². The summed E-state index contributed by atoms with van der Waals surface area (Å²) in [5.74, 6) is 0.911. The zero-order valence-corrected chi connectivity index (χ0v) is 13.2. The van der Waals surface area contributed by atoms with Gasteiger partial charge in [0.05, 0.1) is 15.6 Å². The number of carbonyl (C=O) groups excluding carboxylic acids is 1. The highest BCUT2D eigenvalue weighted by Crippen LogP contribution is 2.24. The van der Waals surface area contributed by atoms with Gasteiger partial charge in [-0.3, -0.25) is 4.79 Å². The number of amides is 1. The molecule has 1 amide bonds. The van der Waals surface area contributed by atoms with Crippen molar-refractivity contribution >= 4 is 34.5 Å². The molecule has 22 heavy (non-hydrogen) atoms. The third kappa shape index (κ3) is 3.35. The van der Waals surface area contributed by atoms with Gasteiger partial charge in [-0.25, -0.2) is 0 Å². The molecular formula is C15H12ClN3O2S. The van der Waals surface area contributed by atoms with E-state index in [1.54, 1.807) is 19.1 Å². The van der Waals surface area contributed by atoms with Crippen LogP contribution in [0.2, 0.25) is 4.34 Å². The number of nitrogens with zero attached hydrogens (tertiary/aromatic N) is 2. The Morgan fingerprint density at radius 1 is 1.32 bits per heavy atom. The van der Waals surface area contributed by atoms with Gasteiger partial charge in [-0.15, -0.1) is 11.3 Å². The highest BCUT2D eigenvalue weighted by atomic mass is 35.5. The maximum atomic E-state index is 12.2. The van der Waals surface area contributed by atoms with E-state index in [2.05, 4.69) is 15.5 Å². The maximum Gasteiger partial charge on any atom is 0.265 e. The van der Waals surface area contributed by atoms with E-state index in [0.29, 0.717) is 33.0 Å². The first-order valence-corrected chi connectivity index (χ1v) is 7.75. The molecule has 0 unspecified atom stereocenters. The Labute approximate surface area is 135 Å². The van der Waals surface area contributed by atoms with Gasteiger partial charge in [0.15, 0.2) is 5.82 Å². The van der Waals surface area contributed by atoms with Crippen molar-refractivity contribution in [2.75, 3.05) is 5.32 Å². The number of nitrogens with one attached hydrogen (secondary N) is 1. The van der Waals surface area contributed by atoms with E-state index in [1.165, 1.54) is 11.3 Å². The Hall–Kier alpha value is -2.18. The fraction of sp³-hybridized carbons (Fsp3) is 0.133. The predicted molar refractivity (Wildman–Crippen MR) is 85.6 cm³/mol. The second-order valence-electron chi connectivity index (χ2n) is 4.63. The lowest BCUT2D eigenvalue weighted by Crippen LogP contribution is -2.12. The molecule has 0 fully saturated rings. The molecule has 7 heteroatoms. The fourth-order valence-electron chi connectivity index (χ4n) is 1.99. The summed E-state index contributed by atoms with van der Waals surface area (Å²) < 4.78 is 5.71. The van der Waals surface area contributed by atoms with Crippen molar-refractivity contribution < 1.29 is 9.32 Å². The Morgan fingerprint density at radius 3 is 2.82 bits per heavy atom. The van der Waals surface area contributed by atoms with Crippen molar-refractivity contribution in [3.63, 3.8) is 0 Å². The zero-order valence-electron chi connectivity index (χ0n) is 11.7. The predicted octanol–water partition coefficient (Wildman–Crippen LogP) is 3.94. The standard InChI is InChI=1S/C15H12ClN3O2S/c1-9-17-14(21-19-9)8-10-4-2-3-5-11(10)18-15(20)12-6-7-13(16)22-12/h2-7H,8H2,1H3,(H,18,20). The number of benzene rings is 1. The molecule has 0 saturated carbocycles. The van der Waals surface area contributed by atoms with Gasteiger partial charge >= 0.3 is 0 Å².